The van der Waals surface area contributed by atoms with Gasteiger partial charge in [-0.2, -0.15) is 0 Å². The van der Waals surface area contributed by atoms with Gasteiger partial charge in [0.1, 0.15) is 17.3 Å². The Hall–Kier alpha value is -2.43. The Bertz CT molecular complexity index is 610. The molecule has 0 amide bonds. The van der Waals surface area contributed by atoms with E-state index >= 15 is 0 Å². The molecule has 4 nitrogen and oxygen atoms in total. The van der Waals surface area contributed by atoms with Crippen molar-refractivity contribution in [1.29, 1.82) is 5.41 Å². The summed E-state index contributed by atoms with van der Waals surface area (Å²) >= 11 is 0. The van der Waals surface area contributed by atoms with Crippen molar-refractivity contribution in [1.82, 2.24) is 4.98 Å². The van der Waals surface area contributed by atoms with Gasteiger partial charge in [-0.05, 0) is 25.1 Å². The van der Waals surface area contributed by atoms with Crippen LogP contribution in [0.3, 0.4) is 0 Å². The van der Waals surface area contributed by atoms with Crippen molar-refractivity contribution in [2.24, 2.45) is 5.73 Å². The number of pyridine rings is 1. The second-order valence-electron chi connectivity index (χ2n) is 4.62. The van der Waals surface area contributed by atoms with Gasteiger partial charge in [0.25, 0.3) is 0 Å². The summed E-state index contributed by atoms with van der Waals surface area (Å²) in [6.07, 6.45) is 1.63. The van der Waals surface area contributed by atoms with Gasteiger partial charge < -0.3 is 10.6 Å². The molecule has 0 bridgehead atoms. The van der Waals surface area contributed by atoms with Gasteiger partial charge in [-0.1, -0.05) is 18.2 Å². The van der Waals surface area contributed by atoms with E-state index in [0.717, 1.165) is 5.69 Å². The molecule has 0 aliphatic rings. The van der Waals surface area contributed by atoms with Crippen molar-refractivity contribution in [2.45, 2.75) is 13.0 Å². The molecule has 0 fully saturated rings. The monoisotopic (exact) mass is 272 g/mol. The molecule has 1 aromatic carbocycles. The average Bonchev–Trinajstić information content (AvgIpc) is 2.46. The smallest absolute Gasteiger partial charge is 0.141 e. The van der Waals surface area contributed by atoms with E-state index in [1.54, 1.807) is 24.4 Å². The van der Waals surface area contributed by atoms with Gasteiger partial charge in [0.2, 0.25) is 0 Å². The van der Waals surface area contributed by atoms with Crippen LogP contribution in [0.5, 0.6) is 0 Å². The highest BCUT2D eigenvalue weighted by molar-refractivity contribution is 5.93. The van der Waals surface area contributed by atoms with Crippen LogP contribution in [-0.2, 0) is 0 Å². The second-order valence-corrected chi connectivity index (χ2v) is 4.62. The molecule has 2 rings (SSSR count). The number of nitrogen functional groups attached to an aromatic ring is 1. The highest BCUT2D eigenvalue weighted by Crippen LogP contribution is 2.26. The summed E-state index contributed by atoms with van der Waals surface area (Å²) in [5.74, 6) is -0.290. The van der Waals surface area contributed by atoms with Crippen LogP contribution in [0.25, 0.3) is 0 Å². The lowest BCUT2D eigenvalue weighted by Gasteiger charge is -2.27. The van der Waals surface area contributed by atoms with Gasteiger partial charge in [-0.15, -0.1) is 0 Å². The fraction of sp³-hybridized carbons (Fsp3) is 0.200. The van der Waals surface area contributed by atoms with E-state index in [2.05, 4.69) is 4.98 Å². The summed E-state index contributed by atoms with van der Waals surface area (Å²) < 4.78 is 13.8. The quantitative estimate of drug-likeness (QED) is 0.664. The first kappa shape index (κ1) is 14.0. The highest BCUT2D eigenvalue weighted by Gasteiger charge is 2.16. The predicted octanol–water partition coefficient (Wildman–Crippen LogP) is 2.70. The van der Waals surface area contributed by atoms with E-state index in [1.165, 1.54) is 6.07 Å². The second kappa shape index (κ2) is 5.69. The van der Waals surface area contributed by atoms with Crippen LogP contribution in [0.4, 0.5) is 10.1 Å². The molecule has 3 N–H and O–H groups in total. The van der Waals surface area contributed by atoms with Crippen molar-refractivity contribution < 1.29 is 4.39 Å². The van der Waals surface area contributed by atoms with Crippen LogP contribution < -0.4 is 10.6 Å². The number of anilines is 1. The Morgan fingerprint density at radius 1 is 1.30 bits per heavy atom. The number of hydrogen-bond donors (Lipinski definition) is 2. The fourth-order valence-electron chi connectivity index (χ4n) is 2.00. The molecule has 104 valence electrons. The van der Waals surface area contributed by atoms with E-state index in [-0.39, 0.29) is 17.7 Å². The van der Waals surface area contributed by atoms with Crippen molar-refractivity contribution in [3.05, 3.63) is 59.7 Å². The number of aromatic nitrogens is 1. The van der Waals surface area contributed by atoms with Crippen LogP contribution in [0.1, 0.15) is 24.2 Å². The van der Waals surface area contributed by atoms with Gasteiger partial charge in [0, 0.05) is 12.6 Å². The predicted molar refractivity (Wildman–Crippen MR) is 78.5 cm³/mol. The van der Waals surface area contributed by atoms with Gasteiger partial charge >= 0.3 is 0 Å². The molecule has 0 radical (unpaired) electrons. The normalized spacial score (nSPS) is 11.9. The lowest BCUT2D eigenvalue weighted by atomic mass is 10.1. The van der Waals surface area contributed by atoms with Crippen LogP contribution in [0.15, 0.2) is 42.6 Å². The summed E-state index contributed by atoms with van der Waals surface area (Å²) in [4.78, 5) is 6.04. The number of nitrogens with one attached hydrogen (secondary N) is 1. The standard InChI is InChI=1S/C15H17FN4/c1-10(12-5-3-4-6-13(12)16)20(2)11-7-8-14(15(17)18)19-9-11/h3-10H,1-2H3,(H3,17,18). The minimum atomic E-state index is -0.222. The largest absolute Gasteiger partial charge is 0.382 e. The van der Waals surface area contributed by atoms with E-state index in [9.17, 15) is 4.39 Å². The van der Waals surface area contributed by atoms with Gasteiger partial charge in [0.15, 0.2) is 0 Å². The van der Waals surface area contributed by atoms with Crippen LogP contribution in [-0.4, -0.2) is 17.9 Å². The first-order valence-corrected chi connectivity index (χ1v) is 6.28. The number of rotatable bonds is 4. The maximum absolute atomic E-state index is 13.8. The number of halogens is 1. The molecule has 0 aliphatic carbocycles. The van der Waals surface area contributed by atoms with E-state index in [4.69, 9.17) is 11.1 Å². The lowest BCUT2D eigenvalue weighted by molar-refractivity contribution is 0.585. The van der Waals surface area contributed by atoms with Crippen molar-refractivity contribution in [3.63, 3.8) is 0 Å². The van der Waals surface area contributed by atoms with Gasteiger partial charge in [-0.3, -0.25) is 10.4 Å². The van der Waals surface area contributed by atoms with Crippen molar-refractivity contribution >= 4 is 11.5 Å². The molecule has 1 heterocycles. The van der Waals surface area contributed by atoms with E-state index in [1.807, 2.05) is 31.0 Å². The van der Waals surface area contributed by atoms with E-state index in [0.29, 0.717) is 11.3 Å². The Kier molecular flexibility index (Phi) is 3.98. The zero-order valence-electron chi connectivity index (χ0n) is 11.5. The minimum absolute atomic E-state index is 0.0682. The average molecular weight is 272 g/mol. The molecule has 1 unspecified atom stereocenters. The maximum atomic E-state index is 13.8. The molecule has 0 spiro atoms. The molecule has 0 saturated heterocycles. The lowest BCUT2D eigenvalue weighted by Crippen LogP contribution is -2.23. The number of hydrogen-bond acceptors (Lipinski definition) is 3. The third-order valence-electron chi connectivity index (χ3n) is 3.37. The summed E-state index contributed by atoms with van der Waals surface area (Å²) in [5.41, 5.74) is 7.27. The number of nitrogens with two attached hydrogens (primary N) is 1. The van der Waals surface area contributed by atoms with Crippen molar-refractivity contribution in [3.8, 4) is 0 Å². The number of benzene rings is 1. The molecule has 1 atom stereocenters. The molecular weight excluding hydrogens is 255 g/mol. The van der Waals surface area contributed by atoms with Crippen LogP contribution in [0, 0.1) is 11.2 Å². The minimum Gasteiger partial charge on any atom is -0.382 e. The molecule has 2 aromatic rings. The van der Waals surface area contributed by atoms with Crippen molar-refractivity contribution in [2.75, 3.05) is 11.9 Å². The van der Waals surface area contributed by atoms with Crippen LogP contribution in [0.2, 0.25) is 0 Å². The zero-order valence-corrected chi connectivity index (χ0v) is 11.5. The Morgan fingerprint density at radius 3 is 2.55 bits per heavy atom. The topological polar surface area (TPSA) is 66.0 Å². The first-order chi connectivity index (χ1) is 9.50. The van der Waals surface area contributed by atoms with E-state index < -0.39 is 0 Å². The van der Waals surface area contributed by atoms with Gasteiger partial charge in [0.05, 0.1) is 17.9 Å². The van der Waals surface area contributed by atoms with Crippen LogP contribution >= 0.6 is 0 Å². The highest BCUT2D eigenvalue weighted by atomic mass is 19.1. The molecule has 20 heavy (non-hydrogen) atoms. The third kappa shape index (κ3) is 2.77. The third-order valence-corrected chi connectivity index (χ3v) is 3.37. The first-order valence-electron chi connectivity index (χ1n) is 6.28. The number of nitrogens with zero attached hydrogens (tertiary/aromatic N) is 2. The number of amidine groups is 1. The molecule has 5 heteroatoms. The molecule has 1 aromatic heterocycles. The Balaban J connectivity index is 2.24. The summed E-state index contributed by atoms with van der Waals surface area (Å²) in [6.45, 7) is 1.93. The fourth-order valence-corrected chi connectivity index (χ4v) is 2.00. The SMILES string of the molecule is CC(c1ccccc1F)N(C)c1ccc(C(=N)N)nc1. The zero-order chi connectivity index (χ0) is 14.7. The molecule has 0 saturated carbocycles. The summed E-state index contributed by atoms with van der Waals surface area (Å²) in [7, 11) is 1.88. The Morgan fingerprint density at radius 2 is 2.00 bits per heavy atom. The summed E-state index contributed by atoms with van der Waals surface area (Å²) in [5, 5.41) is 7.31. The molecular formula is C15H17FN4. The van der Waals surface area contributed by atoms with Gasteiger partial charge in [-0.25, -0.2) is 4.39 Å². The maximum Gasteiger partial charge on any atom is 0.141 e. The molecule has 0 aliphatic heterocycles. The summed E-state index contributed by atoms with van der Waals surface area (Å²) in [6, 6.07) is 10.1. The Labute approximate surface area is 117 Å².